The van der Waals surface area contributed by atoms with Gasteiger partial charge in [0, 0.05) is 23.2 Å². The van der Waals surface area contributed by atoms with Gasteiger partial charge in [0.15, 0.2) is 0 Å². The first-order valence-corrected chi connectivity index (χ1v) is 7.39. The fourth-order valence-corrected chi connectivity index (χ4v) is 2.59. The smallest absolute Gasteiger partial charge is 0.245 e. The number of carbonyl (C=O) groups excluding carboxylic acids is 1. The topological polar surface area (TPSA) is 56.1 Å². The summed E-state index contributed by atoms with van der Waals surface area (Å²) in [5, 5.41) is 12.1. The molecule has 1 N–H and O–H groups in total. The Hall–Kier alpha value is -1.38. The molecule has 5 heteroatoms. The molecular weight excluding hydrogens is 318 g/mol. The summed E-state index contributed by atoms with van der Waals surface area (Å²) < 4.78 is 0.981. The molecule has 106 valence electrons. The third-order valence-corrected chi connectivity index (χ3v) is 3.94. The highest BCUT2D eigenvalue weighted by Gasteiger charge is 2.34. The zero-order valence-corrected chi connectivity index (χ0v) is 13.3. The molecule has 2 rings (SSSR count). The van der Waals surface area contributed by atoms with E-state index in [2.05, 4.69) is 41.2 Å². The number of nitrogens with zero attached hydrogens (tertiary/aromatic N) is 2. The van der Waals surface area contributed by atoms with Crippen LogP contribution in [0.1, 0.15) is 20.3 Å². The van der Waals surface area contributed by atoms with Crippen molar-refractivity contribution in [2.24, 2.45) is 5.41 Å². The third kappa shape index (κ3) is 3.38. The number of rotatable bonds is 2. The van der Waals surface area contributed by atoms with Crippen LogP contribution in [0.15, 0.2) is 28.7 Å². The minimum Gasteiger partial charge on any atom is -0.310 e. The van der Waals surface area contributed by atoms with Crippen LogP contribution in [0.4, 0.5) is 5.69 Å². The van der Waals surface area contributed by atoms with Gasteiger partial charge in [-0.15, -0.1) is 0 Å². The van der Waals surface area contributed by atoms with Crippen LogP contribution in [0.5, 0.6) is 0 Å². The number of hydrogen-bond acceptors (Lipinski definition) is 3. The lowest BCUT2D eigenvalue weighted by atomic mass is 9.93. The van der Waals surface area contributed by atoms with Gasteiger partial charge < -0.3 is 10.2 Å². The molecule has 1 atom stereocenters. The molecule has 0 aliphatic carbocycles. The first-order chi connectivity index (χ1) is 9.43. The number of nitriles is 1. The molecule has 1 saturated heterocycles. The summed E-state index contributed by atoms with van der Waals surface area (Å²) in [4.78, 5) is 14.4. The molecule has 1 fully saturated rings. The second-order valence-corrected chi connectivity index (χ2v) is 6.78. The van der Waals surface area contributed by atoms with Crippen molar-refractivity contribution in [2.45, 2.75) is 26.3 Å². The molecule has 1 aromatic rings. The van der Waals surface area contributed by atoms with Crippen LogP contribution in [0.25, 0.3) is 0 Å². The van der Waals surface area contributed by atoms with Crippen LogP contribution in [0.3, 0.4) is 0 Å². The van der Waals surface area contributed by atoms with Gasteiger partial charge in [0.05, 0.1) is 12.5 Å². The maximum atomic E-state index is 12.6. The molecule has 1 aromatic carbocycles. The van der Waals surface area contributed by atoms with Gasteiger partial charge in [-0.25, -0.2) is 0 Å². The van der Waals surface area contributed by atoms with E-state index in [9.17, 15) is 4.79 Å². The zero-order valence-electron chi connectivity index (χ0n) is 11.7. The van der Waals surface area contributed by atoms with Crippen molar-refractivity contribution >= 4 is 27.5 Å². The number of benzene rings is 1. The average Bonchev–Trinajstić information content (AvgIpc) is 2.51. The Kier molecular flexibility index (Phi) is 4.46. The Morgan fingerprint density at radius 1 is 1.45 bits per heavy atom. The minimum atomic E-state index is -0.426. The first kappa shape index (κ1) is 15.0. The SMILES string of the molecule is CC1(C)CNC(CC#N)C(=O)N(c2ccc(Br)cc2)C1. The van der Waals surface area contributed by atoms with E-state index in [-0.39, 0.29) is 17.7 Å². The minimum absolute atomic E-state index is 0.0283. The largest absolute Gasteiger partial charge is 0.310 e. The quantitative estimate of drug-likeness (QED) is 0.903. The molecule has 4 nitrogen and oxygen atoms in total. The predicted molar refractivity (Wildman–Crippen MR) is 82.3 cm³/mol. The molecule has 1 aliphatic rings. The van der Waals surface area contributed by atoms with E-state index in [4.69, 9.17) is 5.26 Å². The molecular formula is C15H18BrN3O. The standard InChI is InChI=1S/C15H18BrN3O/c1-15(2)9-18-13(7-8-17)14(20)19(10-15)12-5-3-11(16)4-6-12/h3-6,13,18H,7,9-10H2,1-2H3. The maximum Gasteiger partial charge on any atom is 0.245 e. The van der Waals surface area contributed by atoms with Crippen LogP contribution in [0, 0.1) is 16.7 Å². The second kappa shape index (κ2) is 5.94. The summed E-state index contributed by atoms with van der Waals surface area (Å²) in [6.45, 7) is 5.60. The Balaban J connectivity index is 2.33. The Labute approximate surface area is 127 Å². The Bertz CT molecular complexity index is 533. The maximum absolute atomic E-state index is 12.6. The van der Waals surface area contributed by atoms with Crippen molar-refractivity contribution in [3.63, 3.8) is 0 Å². The average molecular weight is 336 g/mol. The van der Waals surface area contributed by atoms with Crippen LogP contribution < -0.4 is 10.2 Å². The molecule has 0 radical (unpaired) electrons. The molecule has 1 heterocycles. The van der Waals surface area contributed by atoms with Crippen molar-refractivity contribution in [3.8, 4) is 6.07 Å². The van der Waals surface area contributed by atoms with Crippen molar-refractivity contribution in [1.29, 1.82) is 5.26 Å². The summed E-state index contributed by atoms with van der Waals surface area (Å²) in [7, 11) is 0. The van der Waals surface area contributed by atoms with Gasteiger partial charge in [-0.05, 0) is 29.7 Å². The van der Waals surface area contributed by atoms with Crippen LogP contribution >= 0.6 is 15.9 Å². The van der Waals surface area contributed by atoms with E-state index in [1.165, 1.54) is 0 Å². The van der Waals surface area contributed by atoms with Crippen LogP contribution in [-0.4, -0.2) is 25.0 Å². The van der Waals surface area contributed by atoms with Crippen molar-refractivity contribution in [3.05, 3.63) is 28.7 Å². The predicted octanol–water partition coefficient (Wildman–Crippen LogP) is 2.69. The van der Waals surface area contributed by atoms with Gasteiger partial charge in [0.25, 0.3) is 0 Å². The van der Waals surface area contributed by atoms with E-state index in [0.29, 0.717) is 6.54 Å². The number of carbonyl (C=O) groups is 1. The van der Waals surface area contributed by atoms with Crippen molar-refractivity contribution in [2.75, 3.05) is 18.0 Å². The lowest BCUT2D eigenvalue weighted by Gasteiger charge is -2.29. The Morgan fingerprint density at radius 2 is 2.10 bits per heavy atom. The monoisotopic (exact) mass is 335 g/mol. The normalized spacial score (nSPS) is 22.2. The van der Waals surface area contributed by atoms with Gasteiger partial charge in [0.2, 0.25) is 5.91 Å². The highest BCUT2D eigenvalue weighted by atomic mass is 79.9. The van der Waals surface area contributed by atoms with Gasteiger partial charge >= 0.3 is 0 Å². The molecule has 1 aliphatic heterocycles. The second-order valence-electron chi connectivity index (χ2n) is 5.86. The Morgan fingerprint density at radius 3 is 2.70 bits per heavy atom. The lowest BCUT2D eigenvalue weighted by Crippen LogP contribution is -2.43. The third-order valence-electron chi connectivity index (χ3n) is 3.41. The molecule has 0 aromatic heterocycles. The molecule has 1 unspecified atom stereocenters. The summed E-state index contributed by atoms with van der Waals surface area (Å²) in [5.41, 5.74) is 0.838. The summed E-state index contributed by atoms with van der Waals surface area (Å²) in [6.07, 6.45) is 0.196. The molecule has 0 saturated carbocycles. The van der Waals surface area contributed by atoms with Gasteiger partial charge in [-0.3, -0.25) is 4.79 Å². The van der Waals surface area contributed by atoms with Crippen LogP contribution in [-0.2, 0) is 4.79 Å². The highest BCUT2D eigenvalue weighted by Crippen LogP contribution is 2.27. The zero-order chi connectivity index (χ0) is 14.8. The van der Waals surface area contributed by atoms with E-state index >= 15 is 0 Å². The fourth-order valence-electron chi connectivity index (χ4n) is 2.33. The van der Waals surface area contributed by atoms with Gasteiger partial charge in [0.1, 0.15) is 6.04 Å². The van der Waals surface area contributed by atoms with E-state index in [0.717, 1.165) is 16.7 Å². The molecule has 0 bridgehead atoms. The fraction of sp³-hybridized carbons (Fsp3) is 0.467. The molecule has 1 amide bonds. The summed E-state index contributed by atoms with van der Waals surface area (Å²) in [6, 6.07) is 9.36. The van der Waals surface area contributed by atoms with Crippen molar-refractivity contribution in [1.82, 2.24) is 5.32 Å². The lowest BCUT2D eigenvalue weighted by molar-refractivity contribution is -0.120. The number of amides is 1. The first-order valence-electron chi connectivity index (χ1n) is 6.60. The molecule has 0 spiro atoms. The molecule has 20 heavy (non-hydrogen) atoms. The van der Waals surface area contributed by atoms with E-state index in [1.807, 2.05) is 24.3 Å². The van der Waals surface area contributed by atoms with Gasteiger partial charge in [-0.1, -0.05) is 29.8 Å². The number of anilines is 1. The summed E-state index contributed by atoms with van der Waals surface area (Å²) >= 11 is 3.40. The highest BCUT2D eigenvalue weighted by molar-refractivity contribution is 9.10. The number of hydrogen-bond donors (Lipinski definition) is 1. The summed E-state index contributed by atoms with van der Waals surface area (Å²) in [5.74, 6) is -0.0283. The van der Waals surface area contributed by atoms with E-state index < -0.39 is 6.04 Å². The number of nitrogens with one attached hydrogen (secondary N) is 1. The number of halogens is 1. The van der Waals surface area contributed by atoms with Crippen molar-refractivity contribution < 1.29 is 4.79 Å². The van der Waals surface area contributed by atoms with Gasteiger partial charge in [-0.2, -0.15) is 5.26 Å². The van der Waals surface area contributed by atoms with Crippen LogP contribution in [0.2, 0.25) is 0 Å². The van der Waals surface area contributed by atoms with E-state index in [1.54, 1.807) is 4.90 Å².